The summed E-state index contributed by atoms with van der Waals surface area (Å²) in [7, 11) is 0. The lowest BCUT2D eigenvalue weighted by Gasteiger charge is -2.06. The van der Waals surface area contributed by atoms with Gasteiger partial charge in [-0.1, -0.05) is 6.07 Å². The third-order valence-electron chi connectivity index (χ3n) is 2.77. The highest BCUT2D eigenvalue weighted by Gasteiger charge is 2.11. The van der Waals surface area contributed by atoms with Gasteiger partial charge in [-0.3, -0.25) is 4.40 Å². The molecular weight excluding hydrogens is 263 g/mol. The lowest BCUT2D eigenvalue weighted by molar-refractivity contribution is 0.618. The first-order valence-electron chi connectivity index (χ1n) is 5.68. The second kappa shape index (κ2) is 4.55. The number of nitrogens with two attached hydrogens (primary N) is 1. The Balaban J connectivity index is 2.04. The normalized spacial score (nSPS) is 11.1. The molecule has 96 valence electrons. The minimum absolute atomic E-state index is 0.298. The fourth-order valence-electron chi connectivity index (χ4n) is 1.75. The topological polar surface area (TPSA) is 56.2 Å². The second-order valence-corrected chi connectivity index (χ2v) is 5.16. The molecule has 0 aliphatic carbocycles. The van der Waals surface area contributed by atoms with Gasteiger partial charge < -0.3 is 5.73 Å². The van der Waals surface area contributed by atoms with Crippen LogP contribution in [0.2, 0.25) is 0 Å². The van der Waals surface area contributed by atoms with E-state index in [1.54, 1.807) is 13.0 Å². The van der Waals surface area contributed by atoms with Gasteiger partial charge in [0.05, 0.1) is 0 Å². The lowest BCUT2D eigenvalue weighted by atomic mass is 10.2. The molecule has 0 aliphatic heterocycles. The summed E-state index contributed by atoms with van der Waals surface area (Å²) >= 11 is 1.37. The van der Waals surface area contributed by atoms with Crippen LogP contribution in [0.1, 0.15) is 5.56 Å². The van der Waals surface area contributed by atoms with E-state index in [0.29, 0.717) is 16.4 Å². The molecule has 3 aromatic rings. The van der Waals surface area contributed by atoms with Gasteiger partial charge in [0, 0.05) is 16.8 Å². The lowest BCUT2D eigenvalue weighted by Crippen LogP contribution is -1.94. The molecule has 0 aliphatic rings. The summed E-state index contributed by atoms with van der Waals surface area (Å²) in [6.07, 6.45) is 1.88. The zero-order valence-corrected chi connectivity index (χ0v) is 11.0. The summed E-state index contributed by atoms with van der Waals surface area (Å²) in [4.78, 5) is 0.775. The summed E-state index contributed by atoms with van der Waals surface area (Å²) in [5, 5.41) is 8.87. The Hall–Kier alpha value is -2.08. The van der Waals surface area contributed by atoms with Crippen molar-refractivity contribution in [2.45, 2.75) is 17.0 Å². The first-order chi connectivity index (χ1) is 9.15. The van der Waals surface area contributed by atoms with Crippen LogP contribution in [0.5, 0.6) is 0 Å². The SMILES string of the molecule is Cc1cc(Sc2nnc3ccccn23)c(N)cc1F. The molecule has 2 heterocycles. The van der Waals surface area contributed by atoms with Crippen molar-refractivity contribution in [3.63, 3.8) is 0 Å². The van der Waals surface area contributed by atoms with Crippen molar-refractivity contribution in [3.05, 3.63) is 47.9 Å². The van der Waals surface area contributed by atoms with Gasteiger partial charge in [0.25, 0.3) is 0 Å². The van der Waals surface area contributed by atoms with Crippen molar-refractivity contribution in [2.24, 2.45) is 0 Å². The number of hydrogen-bond donors (Lipinski definition) is 1. The number of nitrogen functional groups attached to an aromatic ring is 1. The number of aromatic nitrogens is 3. The van der Waals surface area contributed by atoms with E-state index in [-0.39, 0.29) is 5.82 Å². The summed E-state index contributed by atoms with van der Waals surface area (Å²) < 4.78 is 15.2. The Labute approximate surface area is 113 Å². The molecule has 0 radical (unpaired) electrons. The summed E-state index contributed by atoms with van der Waals surface area (Å²) in [6, 6.07) is 8.73. The molecule has 0 amide bonds. The van der Waals surface area contributed by atoms with Gasteiger partial charge in [-0.2, -0.15) is 0 Å². The molecule has 0 bridgehead atoms. The van der Waals surface area contributed by atoms with E-state index >= 15 is 0 Å². The monoisotopic (exact) mass is 274 g/mol. The Morgan fingerprint density at radius 2 is 2.11 bits per heavy atom. The van der Waals surface area contributed by atoms with Crippen LogP contribution >= 0.6 is 11.8 Å². The van der Waals surface area contributed by atoms with Crippen LogP contribution in [-0.2, 0) is 0 Å². The van der Waals surface area contributed by atoms with Crippen LogP contribution in [0, 0.1) is 12.7 Å². The fraction of sp³-hybridized carbons (Fsp3) is 0.0769. The molecule has 2 N–H and O–H groups in total. The van der Waals surface area contributed by atoms with Crippen molar-refractivity contribution in [2.75, 3.05) is 5.73 Å². The molecule has 0 saturated carbocycles. The maximum Gasteiger partial charge on any atom is 0.200 e. The maximum absolute atomic E-state index is 13.4. The van der Waals surface area contributed by atoms with Gasteiger partial charge in [0.1, 0.15) is 5.82 Å². The predicted octanol–water partition coefficient (Wildman–Crippen LogP) is 2.91. The van der Waals surface area contributed by atoms with E-state index in [1.165, 1.54) is 17.8 Å². The molecule has 2 aromatic heterocycles. The Morgan fingerprint density at radius 1 is 1.26 bits per heavy atom. The van der Waals surface area contributed by atoms with Gasteiger partial charge in [-0.25, -0.2) is 4.39 Å². The zero-order chi connectivity index (χ0) is 13.4. The number of pyridine rings is 1. The highest BCUT2D eigenvalue weighted by atomic mass is 32.2. The third-order valence-corrected chi connectivity index (χ3v) is 3.81. The average Bonchev–Trinajstić information content (AvgIpc) is 2.80. The van der Waals surface area contributed by atoms with Crippen LogP contribution in [0.4, 0.5) is 10.1 Å². The van der Waals surface area contributed by atoms with E-state index in [9.17, 15) is 4.39 Å². The number of hydrogen-bond acceptors (Lipinski definition) is 4. The van der Waals surface area contributed by atoms with Crippen LogP contribution in [0.25, 0.3) is 5.65 Å². The van der Waals surface area contributed by atoms with Crippen molar-refractivity contribution >= 4 is 23.1 Å². The molecule has 1 aromatic carbocycles. The number of rotatable bonds is 2. The summed E-state index contributed by atoms with van der Waals surface area (Å²) in [6.45, 7) is 1.71. The summed E-state index contributed by atoms with van der Waals surface area (Å²) in [5.41, 5.74) is 7.56. The van der Waals surface area contributed by atoms with Crippen LogP contribution in [-0.4, -0.2) is 14.6 Å². The van der Waals surface area contributed by atoms with Gasteiger partial charge in [0.15, 0.2) is 10.8 Å². The van der Waals surface area contributed by atoms with E-state index in [2.05, 4.69) is 10.2 Å². The standard InChI is InChI=1S/C13H11FN4S/c1-8-6-11(10(15)7-9(8)14)19-13-17-16-12-4-2-3-5-18(12)13/h2-7H,15H2,1H3. The van der Waals surface area contributed by atoms with Gasteiger partial charge in [-0.15, -0.1) is 10.2 Å². The van der Waals surface area contributed by atoms with Crippen molar-refractivity contribution < 1.29 is 4.39 Å². The minimum Gasteiger partial charge on any atom is -0.398 e. The smallest absolute Gasteiger partial charge is 0.200 e. The molecule has 3 rings (SSSR count). The average molecular weight is 274 g/mol. The van der Waals surface area contributed by atoms with Crippen LogP contribution < -0.4 is 5.73 Å². The second-order valence-electron chi connectivity index (χ2n) is 4.15. The molecule has 6 heteroatoms. The Kier molecular flexibility index (Phi) is 2.87. The highest BCUT2D eigenvalue weighted by Crippen LogP contribution is 2.32. The molecule has 0 fully saturated rings. The largest absolute Gasteiger partial charge is 0.398 e. The van der Waals surface area contributed by atoms with Crippen LogP contribution in [0.3, 0.4) is 0 Å². The molecule has 0 saturated heterocycles. The predicted molar refractivity (Wildman–Crippen MR) is 72.7 cm³/mol. The number of fused-ring (bicyclic) bond motifs is 1. The Morgan fingerprint density at radius 3 is 2.95 bits per heavy atom. The van der Waals surface area contributed by atoms with Gasteiger partial charge in [0.2, 0.25) is 0 Å². The number of aryl methyl sites for hydroxylation is 1. The molecule has 0 unspecified atom stereocenters. The first kappa shape index (κ1) is 12.0. The minimum atomic E-state index is -0.298. The van der Waals surface area contributed by atoms with Gasteiger partial charge in [-0.05, 0) is 48.5 Å². The zero-order valence-electron chi connectivity index (χ0n) is 10.2. The Bertz CT molecular complexity index is 753. The molecule has 4 nitrogen and oxygen atoms in total. The van der Waals surface area contributed by atoms with Gasteiger partial charge >= 0.3 is 0 Å². The first-order valence-corrected chi connectivity index (χ1v) is 6.50. The van der Waals surface area contributed by atoms with E-state index in [4.69, 9.17) is 5.73 Å². The number of halogens is 1. The molecule has 0 spiro atoms. The van der Waals surface area contributed by atoms with Crippen LogP contribution in [0.15, 0.2) is 46.6 Å². The number of benzene rings is 1. The number of nitrogens with zero attached hydrogens (tertiary/aromatic N) is 3. The fourth-order valence-corrected chi connectivity index (χ4v) is 2.69. The van der Waals surface area contributed by atoms with Crippen molar-refractivity contribution in [3.8, 4) is 0 Å². The molecule has 19 heavy (non-hydrogen) atoms. The highest BCUT2D eigenvalue weighted by molar-refractivity contribution is 7.99. The molecular formula is C13H11FN4S. The molecule has 0 atom stereocenters. The number of anilines is 1. The van der Waals surface area contributed by atoms with E-state index < -0.39 is 0 Å². The van der Waals surface area contributed by atoms with E-state index in [1.807, 2.05) is 28.8 Å². The van der Waals surface area contributed by atoms with E-state index in [0.717, 1.165) is 10.5 Å². The summed E-state index contributed by atoms with van der Waals surface area (Å²) in [5.74, 6) is -0.298. The quantitative estimate of drug-likeness (QED) is 0.730. The van der Waals surface area contributed by atoms with Crippen molar-refractivity contribution in [1.29, 1.82) is 0 Å². The maximum atomic E-state index is 13.4. The third kappa shape index (κ3) is 2.15. The van der Waals surface area contributed by atoms with Crippen molar-refractivity contribution in [1.82, 2.24) is 14.6 Å².